The molecule has 0 aliphatic heterocycles. The highest BCUT2D eigenvalue weighted by Gasteiger charge is 2.12. The summed E-state index contributed by atoms with van der Waals surface area (Å²) in [5.41, 5.74) is 0.800. The van der Waals surface area contributed by atoms with Gasteiger partial charge in [-0.25, -0.2) is 0 Å². The second-order valence-electron chi connectivity index (χ2n) is 4.27. The normalized spacial score (nSPS) is 11.3. The Morgan fingerprint density at radius 2 is 2.18 bits per heavy atom. The maximum atomic E-state index is 12.1. The first-order valence-electron chi connectivity index (χ1n) is 5.42. The molecule has 0 spiro atoms. The van der Waals surface area contributed by atoms with Crippen molar-refractivity contribution in [1.82, 2.24) is 4.90 Å². The number of halogens is 1. The fraction of sp³-hybridized carbons (Fsp3) is 0.308. The van der Waals surface area contributed by atoms with Gasteiger partial charge in [-0.1, -0.05) is 11.6 Å². The van der Waals surface area contributed by atoms with Gasteiger partial charge >= 0.3 is 0 Å². The van der Waals surface area contributed by atoms with E-state index < -0.39 is 0 Å². The van der Waals surface area contributed by atoms with Crippen LogP contribution in [-0.2, 0) is 0 Å². The quantitative estimate of drug-likeness (QED) is 0.788. The smallest absolute Gasteiger partial charge is 0.165 e. The number of hydrogen-bond donors (Lipinski definition) is 0. The summed E-state index contributed by atoms with van der Waals surface area (Å²) in [5, 5.41) is 3.59. The summed E-state index contributed by atoms with van der Waals surface area (Å²) in [6.45, 7) is 0.775. The summed E-state index contributed by atoms with van der Waals surface area (Å²) in [6.07, 6.45) is 0.547. The van der Waals surface area contributed by atoms with Crippen LogP contribution in [0, 0.1) is 0 Å². The van der Waals surface area contributed by atoms with Crippen LogP contribution in [0.2, 0.25) is 5.02 Å². The molecule has 0 radical (unpaired) electrons. The Balaban J connectivity index is 2.29. The molecule has 0 fully saturated rings. The standard InChI is InChI=1S/C13H14ClNOS/c1-15(2)6-5-12(16)11-8-17-13-4-3-9(14)7-10(11)13/h3-4,7-8H,5-6H2,1-2H3. The lowest BCUT2D eigenvalue weighted by molar-refractivity contribution is 0.0974. The number of hydrogen-bond acceptors (Lipinski definition) is 3. The number of Topliss-reactive ketones (excluding diaryl/α,β-unsaturated/α-hetero) is 1. The molecular weight excluding hydrogens is 254 g/mol. The summed E-state index contributed by atoms with van der Waals surface area (Å²) in [6, 6.07) is 5.69. The Hall–Kier alpha value is -0.900. The second kappa shape index (κ2) is 5.17. The van der Waals surface area contributed by atoms with Crippen molar-refractivity contribution in [1.29, 1.82) is 0 Å². The lowest BCUT2D eigenvalue weighted by Gasteiger charge is -2.07. The first-order valence-corrected chi connectivity index (χ1v) is 6.68. The predicted octanol–water partition coefficient (Wildman–Crippen LogP) is 3.69. The van der Waals surface area contributed by atoms with E-state index in [-0.39, 0.29) is 5.78 Å². The van der Waals surface area contributed by atoms with Crippen LogP contribution in [0.3, 0.4) is 0 Å². The molecular formula is C13H14ClNOS. The van der Waals surface area contributed by atoms with Gasteiger partial charge in [0.25, 0.3) is 0 Å². The number of carbonyl (C=O) groups excluding carboxylic acids is 1. The molecule has 0 saturated heterocycles. The third kappa shape index (κ3) is 2.86. The zero-order valence-electron chi connectivity index (χ0n) is 9.87. The minimum absolute atomic E-state index is 0.187. The number of fused-ring (bicyclic) bond motifs is 1. The van der Waals surface area contributed by atoms with Gasteiger partial charge in [0.15, 0.2) is 5.78 Å². The van der Waals surface area contributed by atoms with Crippen molar-refractivity contribution in [3.8, 4) is 0 Å². The minimum Gasteiger partial charge on any atom is -0.309 e. The zero-order chi connectivity index (χ0) is 12.4. The fourth-order valence-corrected chi connectivity index (χ4v) is 2.79. The van der Waals surface area contributed by atoms with Gasteiger partial charge in [0.2, 0.25) is 0 Å². The largest absolute Gasteiger partial charge is 0.309 e. The Kier molecular flexibility index (Phi) is 3.82. The molecule has 2 aromatic rings. The summed E-state index contributed by atoms with van der Waals surface area (Å²) in [4.78, 5) is 14.1. The zero-order valence-corrected chi connectivity index (χ0v) is 11.4. The number of benzene rings is 1. The molecule has 1 aromatic heterocycles. The van der Waals surface area contributed by atoms with E-state index in [1.165, 1.54) is 0 Å². The molecule has 0 saturated carbocycles. The average Bonchev–Trinajstić information content (AvgIpc) is 2.68. The van der Waals surface area contributed by atoms with Crippen LogP contribution < -0.4 is 0 Å². The van der Waals surface area contributed by atoms with Crippen LogP contribution in [0.4, 0.5) is 0 Å². The van der Waals surface area contributed by atoms with Crippen LogP contribution in [0.15, 0.2) is 23.6 Å². The van der Waals surface area contributed by atoms with E-state index in [4.69, 9.17) is 11.6 Å². The van der Waals surface area contributed by atoms with E-state index in [0.29, 0.717) is 11.4 Å². The van der Waals surface area contributed by atoms with Crippen molar-refractivity contribution in [3.63, 3.8) is 0 Å². The highest BCUT2D eigenvalue weighted by Crippen LogP contribution is 2.29. The van der Waals surface area contributed by atoms with E-state index >= 15 is 0 Å². The van der Waals surface area contributed by atoms with Crippen molar-refractivity contribution in [2.24, 2.45) is 0 Å². The van der Waals surface area contributed by atoms with Crippen molar-refractivity contribution in [2.45, 2.75) is 6.42 Å². The summed E-state index contributed by atoms with van der Waals surface area (Å²) in [5.74, 6) is 0.187. The van der Waals surface area contributed by atoms with Gasteiger partial charge in [-0.05, 0) is 32.3 Å². The number of ketones is 1. The SMILES string of the molecule is CN(C)CCC(=O)c1csc2ccc(Cl)cc12. The van der Waals surface area contributed by atoms with Crippen LogP contribution >= 0.6 is 22.9 Å². The molecule has 4 heteroatoms. The van der Waals surface area contributed by atoms with Crippen molar-refractivity contribution < 1.29 is 4.79 Å². The van der Waals surface area contributed by atoms with Crippen molar-refractivity contribution in [2.75, 3.05) is 20.6 Å². The van der Waals surface area contributed by atoms with Gasteiger partial charge in [-0.15, -0.1) is 11.3 Å². The summed E-state index contributed by atoms with van der Waals surface area (Å²) in [7, 11) is 3.94. The third-order valence-corrected chi connectivity index (χ3v) is 3.82. The lowest BCUT2D eigenvalue weighted by atomic mass is 10.1. The Morgan fingerprint density at radius 1 is 1.41 bits per heavy atom. The van der Waals surface area contributed by atoms with E-state index in [0.717, 1.165) is 22.2 Å². The summed E-state index contributed by atoms with van der Waals surface area (Å²) >= 11 is 7.56. The Labute approximate surface area is 110 Å². The molecule has 2 nitrogen and oxygen atoms in total. The molecule has 90 valence electrons. The molecule has 0 aliphatic rings. The topological polar surface area (TPSA) is 20.3 Å². The molecule has 0 aliphatic carbocycles. The highest BCUT2D eigenvalue weighted by atomic mass is 35.5. The van der Waals surface area contributed by atoms with Gasteiger partial charge in [0.1, 0.15) is 0 Å². The van der Waals surface area contributed by atoms with Crippen LogP contribution in [0.5, 0.6) is 0 Å². The number of carbonyl (C=O) groups is 1. The van der Waals surface area contributed by atoms with Gasteiger partial charge in [0, 0.05) is 39.0 Å². The van der Waals surface area contributed by atoms with E-state index in [9.17, 15) is 4.79 Å². The van der Waals surface area contributed by atoms with E-state index in [1.54, 1.807) is 11.3 Å². The van der Waals surface area contributed by atoms with Gasteiger partial charge in [0.05, 0.1) is 0 Å². The number of rotatable bonds is 4. The lowest BCUT2D eigenvalue weighted by Crippen LogP contribution is -2.16. The first kappa shape index (κ1) is 12.6. The molecule has 17 heavy (non-hydrogen) atoms. The second-order valence-corrected chi connectivity index (χ2v) is 5.61. The Bertz CT molecular complexity index is 547. The summed E-state index contributed by atoms with van der Waals surface area (Å²) < 4.78 is 1.11. The molecule has 1 aromatic carbocycles. The minimum atomic E-state index is 0.187. The predicted molar refractivity (Wildman–Crippen MR) is 74.3 cm³/mol. The molecule has 1 heterocycles. The highest BCUT2D eigenvalue weighted by molar-refractivity contribution is 7.17. The van der Waals surface area contributed by atoms with E-state index in [1.807, 2.05) is 42.6 Å². The Morgan fingerprint density at radius 3 is 2.88 bits per heavy atom. The van der Waals surface area contributed by atoms with Crippen molar-refractivity contribution >= 4 is 38.8 Å². The number of nitrogens with zero attached hydrogens (tertiary/aromatic N) is 1. The van der Waals surface area contributed by atoms with Gasteiger partial charge < -0.3 is 4.90 Å². The van der Waals surface area contributed by atoms with Gasteiger partial charge in [-0.3, -0.25) is 4.79 Å². The fourth-order valence-electron chi connectivity index (χ4n) is 1.68. The molecule has 0 N–H and O–H groups in total. The van der Waals surface area contributed by atoms with Crippen LogP contribution in [0.1, 0.15) is 16.8 Å². The van der Waals surface area contributed by atoms with Crippen LogP contribution in [0.25, 0.3) is 10.1 Å². The average molecular weight is 268 g/mol. The monoisotopic (exact) mass is 267 g/mol. The maximum absolute atomic E-state index is 12.1. The molecule has 0 bridgehead atoms. The maximum Gasteiger partial charge on any atom is 0.165 e. The molecule has 0 atom stereocenters. The third-order valence-electron chi connectivity index (χ3n) is 2.62. The molecule has 2 rings (SSSR count). The van der Waals surface area contributed by atoms with Crippen molar-refractivity contribution in [3.05, 3.63) is 34.2 Å². The van der Waals surface area contributed by atoms with Gasteiger partial charge in [-0.2, -0.15) is 0 Å². The molecule has 0 amide bonds. The van der Waals surface area contributed by atoms with Crippen LogP contribution in [-0.4, -0.2) is 31.3 Å². The number of thiophene rings is 1. The molecule has 0 unspecified atom stereocenters. The first-order chi connectivity index (χ1) is 8.08. The van der Waals surface area contributed by atoms with E-state index in [2.05, 4.69) is 0 Å².